The monoisotopic (exact) mass is 346 g/mol. The van der Waals surface area contributed by atoms with E-state index in [9.17, 15) is 4.79 Å². The molecule has 0 radical (unpaired) electrons. The van der Waals surface area contributed by atoms with Crippen molar-refractivity contribution < 1.29 is 14.3 Å². The van der Waals surface area contributed by atoms with Gasteiger partial charge in [-0.2, -0.15) is 0 Å². The Kier molecular flexibility index (Phi) is 5.97. The molecule has 2 amide bonds. The molecule has 5 heteroatoms. The highest BCUT2D eigenvalue weighted by atomic mass is 16.5. The van der Waals surface area contributed by atoms with Crippen molar-refractivity contribution in [3.8, 4) is 0 Å². The second kappa shape index (κ2) is 8.19. The SMILES string of the molecule is COCC1(CNC(=O)NCC2(c3ccccc3)CCOCC2)CCC1. The van der Waals surface area contributed by atoms with Crippen LogP contribution < -0.4 is 10.6 Å². The van der Waals surface area contributed by atoms with E-state index in [1.54, 1.807) is 7.11 Å². The van der Waals surface area contributed by atoms with E-state index in [0.29, 0.717) is 13.1 Å². The van der Waals surface area contributed by atoms with E-state index in [0.717, 1.165) is 45.5 Å². The minimum Gasteiger partial charge on any atom is -0.384 e. The summed E-state index contributed by atoms with van der Waals surface area (Å²) in [5, 5.41) is 6.17. The number of methoxy groups -OCH3 is 1. The fourth-order valence-electron chi connectivity index (χ4n) is 4.06. The number of carbonyl (C=O) groups is 1. The average molecular weight is 346 g/mol. The van der Waals surface area contributed by atoms with Crippen LogP contribution in [0, 0.1) is 5.41 Å². The largest absolute Gasteiger partial charge is 0.384 e. The molecule has 0 unspecified atom stereocenters. The normalized spacial score (nSPS) is 21.2. The van der Waals surface area contributed by atoms with Gasteiger partial charge < -0.3 is 20.1 Å². The van der Waals surface area contributed by atoms with E-state index < -0.39 is 0 Å². The molecule has 3 rings (SSSR count). The Bertz CT molecular complexity index is 551. The lowest BCUT2D eigenvalue weighted by Crippen LogP contribution is -2.51. The first-order chi connectivity index (χ1) is 12.2. The van der Waals surface area contributed by atoms with Gasteiger partial charge in [0.2, 0.25) is 0 Å². The molecule has 2 fully saturated rings. The van der Waals surface area contributed by atoms with Gasteiger partial charge in [-0.1, -0.05) is 36.8 Å². The van der Waals surface area contributed by atoms with Crippen LogP contribution in [0.25, 0.3) is 0 Å². The minimum atomic E-state index is -0.0795. The lowest BCUT2D eigenvalue weighted by molar-refractivity contribution is 0.0198. The van der Waals surface area contributed by atoms with Crippen LogP contribution >= 0.6 is 0 Å². The summed E-state index contributed by atoms with van der Waals surface area (Å²) in [6.45, 7) is 3.54. The number of urea groups is 1. The van der Waals surface area contributed by atoms with Gasteiger partial charge in [0, 0.05) is 44.2 Å². The van der Waals surface area contributed by atoms with Gasteiger partial charge in [0.05, 0.1) is 6.61 Å². The molecule has 2 aliphatic rings. The maximum Gasteiger partial charge on any atom is 0.314 e. The fourth-order valence-corrected chi connectivity index (χ4v) is 4.06. The van der Waals surface area contributed by atoms with Crippen molar-refractivity contribution in [2.75, 3.05) is 40.0 Å². The Balaban J connectivity index is 1.55. The van der Waals surface area contributed by atoms with Gasteiger partial charge in [0.25, 0.3) is 0 Å². The fraction of sp³-hybridized carbons (Fsp3) is 0.650. The highest BCUT2D eigenvalue weighted by Crippen LogP contribution is 2.40. The van der Waals surface area contributed by atoms with Gasteiger partial charge in [0.1, 0.15) is 0 Å². The number of hydrogen-bond acceptors (Lipinski definition) is 3. The predicted octanol–water partition coefficient (Wildman–Crippen LogP) is 2.85. The van der Waals surface area contributed by atoms with Gasteiger partial charge in [0.15, 0.2) is 0 Å². The van der Waals surface area contributed by atoms with Crippen LogP contribution in [0.1, 0.15) is 37.7 Å². The molecule has 0 bridgehead atoms. The predicted molar refractivity (Wildman–Crippen MR) is 97.7 cm³/mol. The van der Waals surface area contributed by atoms with E-state index in [1.165, 1.54) is 12.0 Å². The average Bonchev–Trinajstić information content (AvgIpc) is 2.63. The number of nitrogens with one attached hydrogen (secondary N) is 2. The molecule has 0 spiro atoms. The summed E-state index contributed by atoms with van der Waals surface area (Å²) in [6.07, 6.45) is 5.36. The number of ether oxygens (including phenoxy) is 2. The van der Waals surface area contributed by atoms with E-state index in [4.69, 9.17) is 9.47 Å². The first-order valence-electron chi connectivity index (χ1n) is 9.32. The maximum absolute atomic E-state index is 12.4. The first kappa shape index (κ1) is 18.2. The summed E-state index contributed by atoms with van der Waals surface area (Å²) in [5.41, 5.74) is 1.40. The molecule has 1 aliphatic carbocycles. The van der Waals surface area contributed by atoms with Crippen LogP contribution in [-0.2, 0) is 14.9 Å². The summed E-state index contributed by atoms with van der Waals surface area (Å²) in [7, 11) is 1.73. The summed E-state index contributed by atoms with van der Waals surface area (Å²) in [4.78, 5) is 12.4. The minimum absolute atomic E-state index is 0.0302. The van der Waals surface area contributed by atoms with Crippen molar-refractivity contribution in [2.45, 2.75) is 37.5 Å². The Hall–Kier alpha value is -1.59. The van der Waals surface area contributed by atoms with Crippen LogP contribution in [0.3, 0.4) is 0 Å². The lowest BCUT2D eigenvalue weighted by Gasteiger charge is -2.41. The van der Waals surface area contributed by atoms with E-state index in [2.05, 4.69) is 34.9 Å². The van der Waals surface area contributed by atoms with Gasteiger partial charge >= 0.3 is 6.03 Å². The number of hydrogen-bond donors (Lipinski definition) is 2. The van der Waals surface area contributed by atoms with Gasteiger partial charge in [-0.15, -0.1) is 0 Å². The second-order valence-electron chi connectivity index (χ2n) is 7.58. The van der Waals surface area contributed by atoms with Gasteiger partial charge in [-0.05, 0) is 31.2 Å². The molecule has 1 aromatic carbocycles. The van der Waals surface area contributed by atoms with Gasteiger partial charge in [-0.3, -0.25) is 0 Å². The topological polar surface area (TPSA) is 59.6 Å². The highest BCUT2D eigenvalue weighted by Gasteiger charge is 2.38. The van der Waals surface area contributed by atoms with Crippen molar-refractivity contribution in [3.63, 3.8) is 0 Å². The maximum atomic E-state index is 12.4. The Morgan fingerprint density at radius 1 is 1.08 bits per heavy atom. The Morgan fingerprint density at radius 3 is 2.36 bits per heavy atom. The molecule has 0 atom stereocenters. The number of amides is 2. The van der Waals surface area contributed by atoms with E-state index >= 15 is 0 Å². The first-order valence-corrected chi connectivity index (χ1v) is 9.32. The van der Waals surface area contributed by atoms with Crippen LogP contribution in [0.4, 0.5) is 4.79 Å². The quantitative estimate of drug-likeness (QED) is 0.798. The molecule has 25 heavy (non-hydrogen) atoms. The molecule has 1 aliphatic heterocycles. The zero-order chi connectivity index (χ0) is 17.6. The summed E-state index contributed by atoms with van der Waals surface area (Å²) >= 11 is 0. The Labute approximate surface area is 150 Å². The zero-order valence-electron chi connectivity index (χ0n) is 15.2. The van der Waals surface area contributed by atoms with Crippen LogP contribution in [0.15, 0.2) is 30.3 Å². The highest BCUT2D eigenvalue weighted by molar-refractivity contribution is 5.74. The summed E-state index contributed by atoms with van der Waals surface area (Å²) < 4.78 is 10.9. The van der Waals surface area contributed by atoms with Crippen molar-refractivity contribution in [2.24, 2.45) is 5.41 Å². The molecule has 1 saturated carbocycles. The van der Waals surface area contributed by atoms with Crippen molar-refractivity contribution in [1.29, 1.82) is 0 Å². The molecule has 1 heterocycles. The second-order valence-corrected chi connectivity index (χ2v) is 7.58. The number of rotatable bonds is 7. The Morgan fingerprint density at radius 2 is 1.76 bits per heavy atom. The number of benzene rings is 1. The third-order valence-electron chi connectivity index (χ3n) is 5.91. The standard InChI is InChI=1S/C20H30N2O3/c1-24-16-19(8-5-9-19)14-21-18(23)22-15-20(10-12-25-13-11-20)17-6-3-2-4-7-17/h2-4,6-7H,5,8-16H2,1H3,(H2,21,22,23). The third kappa shape index (κ3) is 4.33. The summed E-state index contributed by atoms with van der Waals surface area (Å²) in [5.74, 6) is 0. The molecule has 0 aromatic heterocycles. The number of carbonyl (C=O) groups excluding carboxylic acids is 1. The zero-order valence-corrected chi connectivity index (χ0v) is 15.2. The molecule has 5 nitrogen and oxygen atoms in total. The molecule has 2 N–H and O–H groups in total. The van der Waals surface area contributed by atoms with Crippen molar-refractivity contribution in [3.05, 3.63) is 35.9 Å². The molecule has 1 aromatic rings. The summed E-state index contributed by atoms with van der Waals surface area (Å²) in [6, 6.07) is 10.4. The van der Waals surface area contributed by atoms with Gasteiger partial charge in [-0.25, -0.2) is 4.79 Å². The van der Waals surface area contributed by atoms with E-state index in [1.807, 2.05) is 6.07 Å². The van der Waals surface area contributed by atoms with Crippen molar-refractivity contribution in [1.82, 2.24) is 10.6 Å². The molecule has 1 saturated heterocycles. The van der Waals surface area contributed by atoms with Crippen LogP contribution in [-0.4, -0.2) is 46.1 Å². The van der Waals surface area contributed by atoms with E-state index in [-0.39, 0.29) is 16.9 Å². The van der Waals surface area contributed by atoms with Crippen molar-refractivity contribution >= 4 is 6.03 Å². The molecular weight excluding hydrogens is 316 g/mol. The molecule has 138 valence electrons. The lowest BCUT2D eigenvalue weighted by atomic mass is 9.69. The third-order valence-corrected chi connectivity index (χ3v) is 5.91. The molecular formula is C20H30N2O3. The van der Waals surface area contributed by atoms with Crippen LogP contribution in [0.5, 0.6) is 0 Å². The smallest absolute Gasteiger partial charge is 0.314 e. The van der Waals surface area contributed by atoms with Crippen LogP contribution in [0.2, 0.25) is 0 Å².